The number of thiophene rings is 1. The van der Waals surface area contributed by atoms with Gasteiger partial charge in [-0.3, -0.25) is 0 Å². The standard InChI is InChI=1S/C12H19NOS2/c1-12(2,3)16(14)13-8-4-6-10(13)11-7-5-9-15-11/h5,7,9-10H,4,6,8H2,1-3H3/t10-,16?/m0/s1. The molecule has 0 aromatic carbocycles. The van der Waals surface area contributed by atoms with E-state index in [2.05, 4.69) is 21.8 Å². The van der Waals surface area contributed by atoms with Gasteiger partial charge in [-0.15, -0.1) is 15.6 Å². The van der Waals surface area contributed by atoms with Crippen molar-refractivity contribution in [3.05, 3.63) is 22.4 Å². The second kappa shape index (κ2) is 4.69. The Morgan fingerprint density at radius 2 is 2.25 bits per heavy atom. The van der Waals surface area contributed by atoms with Crippen LogP contribution in [0.4, 0.5) is 0 Å². The van der Waals surface area contributed by atoms with Gasteiger partial charge in [0.1, 0.15) is 4.75 Å². The lowest BCUT2D eigenvalue weighted by atomic mass is 10.2. The summed E-state index contributed by atoms with van der Waals surface area (Å²) in [7, 11) is 0. The average Bonchev–Trinajstić information content (AvgIpc) is 2.85. The van der Waals surface area contributed by atoms with E-state index in [4.69, 9.17) is 0 Å². The van der Waals surface area contributed by atoms with E-state index in [0.29, 0.717) is 6.04 Å². The summed E-state index contributed by atoms with van der Waals surface area (Å²) in [5.74, 6) is 0. The van der Waals surface area contributed by atoms with E-state index >= 15 is 0 Å². The van der Waals surface area contributed by atoms with Crippen LogP contribution in [0.5, 0.6) is 0 Å². The first-order valence-electron chi connectivity index (χ1n) is 5.72. The highest BCUT2D eigenvalue weighted by Gasteiger charge is 2.41. The summed E-state index contributed by atoms with van der Waals surface area (Å²) >= 11 is 0.889. The quantitative estimate of drug-likeness (QED) is 0.760. The minimum atomic E-state index is -0.887. The van der Waals surface area contributed by atoms with Crippen LogP contribution in [0.3, 0.4) is 0 Å². The second-order valence-electron chi connectivity index (χ2n) is 5.18. The zero-order valence-electron chi connectivity index (χ0n) is 10.1. The average molecular weight is 257 g/mol. The predicted molar refractivity (Wildman–Crippen MR) is 70.9 cm³/mol. The Morgan fingerprint density at radius 3 is 2.81 bits per heavy atom. The number of hydrogen-bond donors (Lipinski definition) is 0. The third-order valence-corrected chi connectivity index (χ3v) is 5.70. The van der Waals surface area contributed by atoms with Crippen LogP contribution in [0.25, 0.3) is 0 Å². The minimum Gasteiger partial charge on any atom is -0.597 e. The van der Waals surface area contributed by atoms with Crippen molar-refractivity contribution in [1.82, 2.24) is 4.31 Å². The summed E-state index contributed by atoms with van der Waals surface area (Å²) in [6.07, 6.45) is 2.30. The molecule has 0 radical (unpaired) electrons. The largest absolute Gasteiger partial charge is 0.597 e. The fourth-order valence-electron chi connectivity index (χ4n) is 2.06. The highest BCUT2D eigenvalue weighted by Crippen LogP contribution is 2.39. The molecule has 4 heteroatoms. The lowest BCUT2D eigenvalue weighted by Crippen LogP contribution is -2.42. The van der Waals surface area contributed by atoms with E-state index in [0.717, 1.165) is 19.4 Å². The molecule has 1 aliphatic heterocycles. The molecule has 90 valence electrons. The number of nitrogens with zero attached hydrogens (tertiary/aromatic N) is 1. The van der Waals surface area contributed by atoms with Gasteiger partial charge in [-0.05, 0) is 45.1 Å². The molecular formula is C12H19NOS2. The van der Waals surface area contributed by atoms with Gasteiger partial charge in [0.05, 0.1) is 6.04 Å². The van der Waals surface area contributed by atoms with E-state index in [-0.39, 0.29) is 4.75 Å². The van der Waals surface area contributed by atoms with Crippen molar-refractivity contribution in [3.8, 4) is 0 Å². The summed E-state index contributed by atoms with van der Waals surface area (Å²) in [5, 5.41) is 2.10. The van der Waals surface area contributed by atoms with Gasteiger partial charge in [0.25, 0.3) is 0 Å². The van der Waals surface area contributed by atoms with Crippen molar-refractivity contribution in [1.29, 1.82) is 0 Å². The topological polar surface area (TPSA) is 26.3 Å². The molecule has 0 aliphatic carbocycles. The van der Waals surface area contributed by atoms with Crippen LogP contribution >= 0.6 is 11.3 Å². The summed E-state index contributed by atoms with van der Waals surface area (Å²) in [6, 6.07) is 4.62. The van der Waals surface area contributed by atoms with Gasteiger partial charge in [0.2, 0.25) is 0 Å². The van der Waals surface area contributed by atoms with E-state index in [1.807, 2.05) is 20.8 Å². The Hall–Kier alpha value is -0.0300. The molecule has 0 amide bonds. The Kier molecular flexibility index (Phi) is 3.64. The predicted octanol–water partition coefficient (Wildman–Crippen LogP) is 3.35. The molecular weight excluding hydrogens is 238 g/mol. The Labute approximate surface area is 105 Å². The zero-order valence-corrected chi connectivity index (χ0v) is 11.7. The normalized spacial score (nSPS) is 24.9. The molecule has 1 aromatic heterocycles. The highest BCUT2D eigenvalue weighted by molar-refractivity contribution is 7.90. The molecule has 16 heavy (non-hydrogen) atoms. The van der Waals surface area contributed by atoms with E-state index in [1.165, 1.54) is 4.88 Å². The van der Waals surface area contributed by atoms with Crippen LogP contribution in [0.1, 0.15) is 44.5 Å². The van der Waals surface area contributed by atoms with Crippen LogP contribution in [0.2, 0.25) is 0 Å². The van der Waals surface area contributed by atoms with E-state index < -0.39 is 11.4 Å². The third-order valence-electron chi connectivity index (χ3n) is 2.81. The fourth-order valence-corrected chi connectivity index (χ4v) is 4.44. The van der Waals surface area contributed by atoms with E-state index in [9.17, 15) is 4.55 Å². The van der Waals surface area contributed by atoms with Crippen molar-refractivity contribution in [2.24, 2.45) is 0 Å². The van der Waals surface area contributed by atoms with Crippen molar-refractivity contribution in [2.75, 3.05) is 6.54 Å². The summed E-state index contributed by atoms with van der Waals surface area (Å²) in [4.78, 5) is 1.36. The minimum absolute atomic E-state index is 0.153. The molecule has 1 aromatic rings. The lowest BCUT2D eigenvalue weighted by molar-refractivity contribution is 0.384. The van der Waals surface area contributed by atoms with Gasteiger partial charge in [0, 0.05) is 22.8 Å². The molecule has 1 saturated heterocycles. The van der Waals surface area contributed by atoms with Crippen LogP contribution in [-0.4, -0.2) is 20.1 Å². The van der Waals surface area contributed by atoms with Crippen LogP contribution in [0, 0.1) is 0 Å². The van der Waals surface area contributed by atoms with Crippen molar-refractivity contribution < 1.29 is 4.55 Å². The maximum atomic E-state index is 12.4. The molecule has 1 aliphatic rings. The summed E-state index contributed by atoms with van der Waals surface area (Å²) in [5.41, 5.74) is 0. The highest BCUT2D eigenvalue weighted by atomic mass is 32.2. The fraction of sp³-hybridized carbons (Fsp3) is 0.667. The molecule has 2 heterocycles. The first-order chi connectivity index (χ1) is 7.50. The lowest BCUT2D eigenvalue weighted by Gasteiger charge is -2.33. The Bertz CT molecular complexity index is 331. The van der Waals surface area contributed by atoms with Gasteiger partial charge in [-0.2, -0.15) is 0 Å². The van der Waals surface area contributed by atoms with Crippen LogP contribution in [-0.2, 0) is 11.4 Å². The van der Waals surface area contributed by atoms with Gasteiger partial charge in [-0.25, -0.2) is 0 Å². The molecule has 2 nitrogen and oxygen atoms in total. The number of hydrogen-bond acceptors (Lipinski definition) is 3. The van der Waals surface area contributed by atoms with E-state index in [1.54, 1.807) is 11.3 Å². The maximum absolute atomic E-state index is 12.4. The first-order valence-corrected chi connectivity index (χ1v) is 7.71. The maximum Gasteiger partial charge on any atom is 0.137 e. The third kappa shape index (κ3) is 2.45. The smallest absolute Gasteiger partial charge is 0.137 e. The van der Waals surface area contributed by atoms with Gasteiger partial charge in [0.15, 0.2) is 0 Å². The second-order valence-corrected chi connectivity index (χ2v) is 8.35. The van der Waals surface area contributed by atoms with Gasteiger partial charge < -0.3 is 4.55 Å². The molecule has 2 atom stereocenters. The van der Waals surface area contributed by atoms with Crippen LogP contribution < -0.4 is 0 Å². The number of rotatable bonds is 2. The molecule has 0 N–H and O–H groups in total. The Morgan fingerprint density at radius 1 is 1.50 bits per heavy atom. The molecule has 1 unspecified atom stereocenters. The van der Waals surface area contributed by atoms with Crippen LogP contribution in [0.15, 0.2) is 17.5 Å². The van der Waals surface area contributed by atoms with Crippen molar-refractivity contribution in [3.63, 3.8) is 0 Å². The molecule has 0 spiro atoms. The molecule has 2 rings (SSSR count). The Balaban J connectivity index is 2.15. The summed E-state index contributed by atoms with van der Waals surface area (Å²) in [6.45, 7) is 7.11. The first kappa shape index (κ1) is 12.4. The summed E-state index contributed by atoms with van der Waals surface area (Å²) < 4.78 is 14.4. The molecule has 0 bridgehead atoms. The van der Waals surface area contributed by atoms with Gasteiger partial charge >= 0.3 is 0 Å². The zero-order chi connectivity index (χ0) is 11.8. The van der Waals surface area contributed by atoms with Gasteiger partial charge in [-0.1, -0.05) is 6.07 Å². The molecule has 1 fully saturated rings. The molecule has 0 saturated carbocycles. The van der Waals surface area contributed by atoms with Crippen molar-refractivity contribution >= 4 is 22.7 Å². The monoisotopic (exact) mass is 257 g/mol. The SMILES string of the molecule is CC(C)(C)[S+]([O-])N1CCC[C@H]1c1cccs1. The van der Waals surface area contributed by atoms with Crippen molar-refractivity contribution in [2.45, 2.75) is 44.4 Å².